The molecule has 0 saturated heterocycles. The smallest absolute Gasteiger partial charge is 0.307 e. The van der Waals surface area contributed by atoms with Crippen LogP contribution in [0.2, 0.25) is 15.1 Å². The third-order valence-electron chi connectivity index (χ3n) is 1.43. The molecule has 0 atom stereocenters. The largest absolute Gasteiger partial charge is 0.481 e. The van der Waals surface area contributed by atoms with Crippen LogP contribution in [0.4, 0.5) is 0 Å². The van der Waals surface area contributed by atoms with Crippen LogP contribution in [0.5, 0.6) is 0 Å². The molecular formula is C8H5Cl3O2. The number of carboxylic acids is 1. The summed E-state index contributed by atoms with van der Waals surface area (Å²) >= 11 is 17.1. The highest BCUT2D eigenvalue weighted by Crippen LogP contribution is 2.29. The van der Waals surface area contributed by atoms with Crippen molar-refractivity contribution in [2.24, 2.45) is 0 Å². The van der Waals surface area contributed by atoms with E-state index in [9.17, 15) is 4.79 Å². The molecule has 0 aliphatic carbocycles. The topological polar surface area (TPSA) is 37.3 Å². The van der Waals surface area contributed by atoms with Crippen LogP contribution in [0.3, 0.4) is 0 Å². The number of hydrogen-bond donors (Lipinski definition) is 1. The number of benzene rings is 1. The molecule has 0 aromatic heterocycles. The Hall–Kier alpha value is -0.440. The fourth-order valence-corrected chi connectivity index (χ4v) is 1.50. The van der Waals surface area contributed by atoms with Gasteiger partial charge in [0.05, 0.1) is 16.5 Å². The van der Waals surface area contributed by atoms with Gasteiger partial charge in [-0.1, -0.05) is 34.8 Å². The standard InChI is InChI=1S/C8H5Cl3O2/c9-5-3-7(11)6(10)1-4(5)2-8(12)13/h1,3H,2H2,(H,12,13). The molecule has 0 fully saturated rings. The first-order chi connectivity index (χ1) is 6.00. The van der Waals surface area contributed by atoms with Crippen LogP contribution < -0.4 is 0 Å². The summed E-state index contributed by atoms with van der Waals surface area (Å²) in [6, 6.07) is 2.89. The summed E-state index contributed by atoms with van der Waals surface area (Å²) in [5, 5.41) is 9.46. The lowest BCUT2D eigenvalue weighted by molar-refractivity contribution is -0.136. The molecule has 1 aromatic carbocycles. The summed E-state index contributed by atoms with van der Waals surface area (Å²) in [6.45, 7) is 0. The van der Waals surface area contributed by atoms with E-state index < -0.39 is 5.97 Å². The Kier molecular flexibility index (Phi) is 3.42. The number of rotatable bonds is 2. The van der Waals surface area contributed by atoms with E-state index in [1.807, 2.05) is 0 Å². The van der Waals surface area contributed by atoms with Gasteiger partial charge in [-0.25, -0.2) is 0 Å². The fraction of sp³-hybridized carbons (Fsp3) is 0.125. The molecule has 13 heavy (non-hydrogen) atoms. The minimum Gasteiger partial charge on any atom is -0.481 e. The molecule has 5 heteroatoms. The second kappa shape index (κ2) is 4.18. The average molecular weight is 239 g/mol. The van der Waals surface area contributed by atoms with E-state index in [0.29, 0.717) is 20.6 Å². The van der Waals surface area contributed by atoms with Gasteiger partial charge in [-0.05, 0) is 17.7 Å². The minimum absolute atomic E-state index is 0.157. The molecule has 0 heterocycles. The van der Waals surface area contributed by atoms with Crippen LogP contribution in [0, 0.1) is 0 Å². The van der Waals surface area contributed by atoms with Crippen LogP contribution in [0.25, 0.3) is 0 Å². The van der Waals surface area contributed by atoms with Crippen LogP contribution in [0.15, 0.2) is 12.1 Å². The third kappa shape index (κ3) is 2.76. The Morgan fingerprint density at radius 1 is 1.15 bits per heavy atom. The Balaban J connectivity index is 3.08. The van der Waals surface area contributed by atoms with Crippen LogP contribution in [-0.2, 0) is 11.2 Å². The molecule has 0 radical (unpaired) electrons. The van der Waals surface area contributed by atoms with Crippen molar-refractivity contribution in [1.29, 1.82) is 0 Å². The number of halogens is 3. The van der Waals surface area contributed by atoms with Gasteiger partial charge in [-0.3, -0.25) is 4.79 Å². The Labute approximate surface area is 90.0 Å². The minimum atomic E-state index is -0.958. The molecular weight excluding hydrogens is 234 g/mol. The molecule has 0 unspecified atom stereocenters. The van der Waals surface area contributed by atoms with E-state index in [2.05, 4.69) is 0 Å². The fourth-order valence-electron chi connectivity index (χ4n) is 0.862. The van der Waals surface area contributed by atoms with E-state index in [1.165, 1.54) is 12.1 Å². The third-order valence-corrected chi connectivity index (χ3v) is 2.50. The number of carboxylic acid groups (broad SMARTS) is 1. The monoisotopic (exact) mass is 238 g/mol. The zero-order chi connectivity index (χ0) is 10.0. The first-order valence-electron chi connectivity index (χ1n) is 3.36. The molecule has 1 N–H and O–H groups in total. The van der Waals surface area contributed by atoms with Gasteiger partial charge in [0.25, 0.3) is 0 Å². The lowest BCUT2D eigenvalue weighted by Gasteiger charge is -2.03. The van der Waals surface area contributed by atoms with Crippen molar-refractivity contribution in [2.75, 3.05) is 0 Å². The second-order valence-electron chi connectivity index (χ2n) is 2.43. The SMILES string of the molecule is O=C(O)Cc1cc(Cl)c(Cl)cc1Cl. The van der Waals surface area contributed by atoms with Gasteiger partial charge < -0.3 is 5.11 Å². The van der Waals surface area contributed by atoms with Crippen molar-refractivity contribution in [1.82, 2.24) is 0 Å². The van der Waals surface area contributed by atoms with Crippen LogP contribution >= 0.6 is 34.8 Å². The quantitative estimate of drug-likeness (QED) is 0.804. The van der Waals surface area contributed by atoms with Gasteiger partial charge in [0.2, 0.25) is 0 Å². The van der Waals surface area contributed by atoms with Crippen molar-refractivity contribution in [3.8, 4) is 0 Å². The first-order valence-corrected chi connectivity index (χ1v) is 4.49. The summed E-state index contributed by atoms with van der Waals surface area (Å²) < 4.78 is 0. The molecule has 2 nitrogen and oxygen atoms in total. The summed E-state index contributed by atoms with van der Waals surface area (Å²) in [5.41, 5.74) is 0.462. The van der Waals surface area contributed by atoms with Crippen molar-refractivity contribution in [3.05, 3.63) is 32.8 Å². The maximum absolute atomic E-state index is 10.4. The molecule has 0 aliphatic heterocycles. The van der Waals surface area contributed by atoms with E-state index >= 15 is 0 Å². The maximum Gasteiger partial charge on any atom is 0.307 e. The zero-order valence-electron chi connectivity index (χ0n) is 6.35. The number of aliphatic carboxylic acids is 1. The van der Waals surface area contributed by atoms with E-state index in [4.69, 9.17) is 39.9 Å². The lowest BCUT2D eigenvalue weighted by Crippen LogP contribution is -2.00. The molecule has 0 amide bonds. The van der Waals surface area contributed by atoms with Crippen molar-refractivity contribution in [2.45, 2.75) is 6.42 Å². The molecule has 70 valence electrons. The summed E-state index contributed by atoms with van der Waals surface area (Å²) in [6.07, 6.45) is -0.157. The van der Waals surface area contributed by atoms with Gasteiger partial charge >= 0.3 is 5.97 Å². The van der Waals surface area contributed by atoms with Crippen molar-refractivity contribution < 1.29 is 9.90 Å². The number of carbonyl (C=O) groups is 1. The predicted molar refractivity (Wildman–Crippen MR) is 52.8 cm³/mol. The van der Waals surface area contributed by atoms with Crippen LogP contribution in [0.1, 0.15) is 5.56 Å². The highest BCUT2D eigenvalue weighted by Gasteiger charge is 2.08. The summed E-state index contributed by atoms with van der Waals surface area (Å²) in [7, 11) is 0. The van der Waals surface area contributed by atoms with E-state index in [1.54, 1.807) is 0 Å². The van der Waals surface area contributed by atoms with Gasteiger partial charge in [-0.2, -0.15) is 0 Å². The Morgan fingerprint density at radius 3 is 2.23 bits per heavy atom. The lowest BCUT2D eigenvalue weighted by atomic mass is 10.1. The Bertz CT molecular complexity index is 349. The Morgan fingerprint density at radius 2 is 1.69 bits per heavy atom. The highest BCUT2D eigenvalue weighted by molar-refractivity contribution is 6.43. The second-order valence-corrected chi connectivity index (χ2v) is 3.65. The predicted octanol–water partition coefficient (Wildman–Crippen LogP) is 3.27. The molecule has 1 aromatic rings. The van der Waals surface area contributed by atoms with Gasteiger partial charge in [0, 0.05) is 5.02 Å². The van der Waals surface area contributed by atoms with E-state index in [0.717, 1.165) is 0 Å². The summed E-state index contributed by atoms with van der Waals surface area (Å²) in [5.74, 6) is -0.958. The normalized spacial score (nSPS) is 10.1. The molecule has 0 spiro atoms. The van der Waals surface area contributed by atoms with Crippen molar-refractivity contribution >= 4 is 40.8 Å². The highest BCUT2D eigenvalue weighted by atomic mass is 35.5. The molecule has 0 aliphatic rings. The van der Waals surface area contributed by atoms with Gasteiger partial charge in [0.1, 0.15) is 0 Å². The van der Waals surface area contributed by atoms with Crippen molar-refractivity contribution in [3.63, 3.8) is 0 Å². The first kappa shape index (κ1) is 10.6. The zero-order valence-corrected chi connectivity index (χ0v) is 8.62. The number of hydrogen-bond acceptors (Lipinski definition) is 1. The molecule has 0 bridgehead atoms. The maximum atomic E-state index is 10.4. The molecule has 0 saturated carbocycles. The van der Waals surface area contributed by atoms with Gasteiger partial charge in [0.15, 0.2) is 0 Å². The van der Waals surface area contributed by atoms with E-state index in [-0.39, 0.29) is 6.42 Å². The average Bonchev–Trinajstić information content (AvgIpc) is 1.99. The summed E-state index contributed by atoms with van der Waals surface area (Å²) in [4.78, 5) is 10.4. The van der Waals surface area contributed by atoms with Crippen LogP contribution in [-0.4, -0.2) is 11.1 Å². The molecule has 1 rings (SSSR count). The van der Waals surface area contributed by atoms with Gasteiger partial charge in [-0.15, -0.1) is 0 Å².